The number of nitrogens with zero attached hydrogens (tertiary/aromatic N) is 4. The largest absolute Gasteiger partial charge is 0.381 e. The Hall–Kier alpha value is -1.95. The number of para-hydroxylation sites is 1. The lowest BCUT2D eigenvalue weighted by atomic mass is 9.82. The van der Waals surface area contributed by atoms with Gasteiger partial charge in [0.25, 0.3) is 0 Å². The second kappa shape index (κ2) is 5.58. The molecule has 2 heterocycles. The van der Waals surface area contributed by atoms with Crippen LogP contribution in [-0.4, -0.2) is 40.0 Å². The Morgan fingerprint density at radius 2 is 2.00 bits per heavy atom. The van der Waals surface area contributed by atoms with Gasteiger partial charge in [0.15, 0.2) is 0 Å². The highest BCUT2D eigenvalue weighted by atomic mass is 16.5. The fourth-order valence-electron chi connectivity index (χ4n) is 2.37. The van der Waals surface area contributed by atoms with Gasteiger partial charge in [-0.2, -0.15) is 4.68 Å². The topological polar surface area (TPSA) is 64.9 Å². The van der Waals surface area contributed by atoms with E-state index >= 15 is 0 Å². The number of ether oxygens (including phenoxy) is 1. The van der Waals surface area contributed by atoms with Crippen molar-refractivity contribution in [2.24, 2.45) is 5.41 Å². The fourth-order valence-corrected chi connectivity index (χ4v) is 2.37. The Kier molecular flexibility index (Phi) is 3.64. The van der Waals surface area contributed by atoms with Gasteiger partial charge in [0, 0.05) is 19.8 Å². The first-order chi connectivity index (χ1) is 9.77. The minimum atomic E-state index is 0.242. The molecular weight excluding hydrogens is 254 g/mol. The van der Waals surface area contributed by atoms with Crippen molar-refractivity contribution in [3.63, 3.8) is 0 Å². The van der Waals surface area contributed by atoms with Crippen molar-refractivity contribution >= 4 is 5.95 Å². The molecule has 1 aliphatic rings. The van der Waals surface area contributed by atoms with Crippen LogP contribution in [0, 0.1) is 5.41 Å². The van der Waals surface area contributed by atoms with E-state index in [-0.39, 0.29) is 5.41 Å². The van der Waals surface area contributed by atoms with Crippen molar-refractivity contribution in [2.45, 2.75) is 19.8 Å². The number of anilines is 1. The molecular formula is C14H19N5O. The predicted octanol–water partition coefficient (Wildman–Crippen LogP) is 1.89. The second-order valence-corrected chi connectivity index (χ2v) is 5.53. The van der Waals surface area contributed by atoms with Crippen molar-refractivity contribution in [1.82, 2.24) is 20.2 Å². The van der Waals surface area contributed by atoms with E-state index < -0.39 is 0 Å². The summed E-state index contributed by atoms with van der Waals surface area (Å²) in [6.07, 6.45) is 2.12. The van der Waals surface area contributed by atoms with E-state index in [2.05, 4.69) is 27.8 Å². The molecule has 1 aliphatic heterocycles. The average molecular weight is 273 g/mol. The van der Waals surface area contributed by atoms with Crippen LogP contribution in [-0.2, 0) is 4.74 Å². The highest BCUT2D eigenvalue weighted by Crippen LogP contribution is 2.29. The number of nitrogens with one attached hydrogen (secondary N) is 1. The Balaban J connectivity index is 1.71. The number of hydrogen-bond acceptors (Lipinski definition) is 5. The molecule has 1 fully saturated rings. The quantitative estimate of drug-likeness (QED) is 0.921. The number of rotatable bonds is 4. The molecule has 0 unspecified atom stereocenters. The van der Waals surface area contributed by atoms with Crippen LogP contribution in [0.3, 0.4) is 0 Å². The highest BCUT2D eigenvalue weighted by molar-refractivity contribution is 5.38. The molecule has 0 radical (unpaired) electrons. The Morgan fingerprint density at radius 3 is 2.75 bits per heavy atom. The third-order valence-electron chi connectivity index (χ3n) is 3.84. The molecule has 0 atom stereocenters. The van der Waals surface area contributed by atoms with Gasteiger partial charge in [0.1, 0.15) is 0 Å². The Labute approximate surface area is 118 Å². The second-order valence-electron chi connectivity index (χ2n) is 5.53. The summed E-state index contributed by atoms with van der Waals surface area (Å²) in [5, 5.41) is 15.2. The van der Waals surface area contributed by atoms with E-state index in [1.165, 1.54) is 0 Å². The summed E-state index contributed by atoms with van der Waals surface area (Å²) in [7, 11) is 0. The van der Waals surface area contributed by atoms with Crippen LogP contribution in [0.4, 0.5) is 5.95 Å². The first kappa shape index (κ1) is 13.1. The SMILES string of the molecule is CC1(CNc2nnnn2-c2ccccc2)CCOCC1. The number of aromatic nitrogens is 4. The van der Waals surface area contributed by atoms with Crippen LogP contribution in [0.1, 0.15) is 19.8 Å². The molecule has 1 aromatic heterocycles. The summed E-state index contributed by atoms with van der Waals surface area (Å²) in [6, 6.07) is 9.89. The lowest BCUT2D eigenvalue weighted by Gasteiger charge is -2.33. The maximum absolute atomic E-state index is 5.42. The van der Waals surface area contributed by atoms with Gasteiger partial charge >= 0.3 is 0 Å². The van der Waals surface area contributed by atoms with Gasteiger partial charge in [0.05, 0.1) is 5.69 Å². The third-order valence-corrected chi connectivity index (χ3v) is 3.84. The summed E-state index contributed by atoms with van der Waals surface area (Å²) >= 11 is 0. The van der Waals surface area contributed by atoms with E-state index in [0.717, 1.165) is 38.3 Å². The average Bonchev–Trinajstić information content (AvgIpc) is 2.95. The van der Waals surface area contributed by atoms with Gasteiger partial charge in [-0.1, -0.05) is 30.2 Å². The van der Waals surface area contributed by atoms with Gasteiger partial charge in [-0.05, 0) is 40.8 Å². The first-order valence-electron chi connectivity index (χ1n) is 6.92. The highest BCUT2D eigenvalue weighted by Gasteiger charge is 2.27. The number of benzene rings is 1. The molecule has 6 nitrogen and oxygen atoms in total. The lowest BCUT2D eigenvalue weighted by Crippen LogP contribution is -2.33. The molecule has 0 aliphatic carbocycles. The van der Waals surface area contributed by atoms with Gasteiger partial charge < -0.3 is 10.1 Å². The van der Waals surface area contributed by atoms with Crippen LogP contribution in [0.25, 0.3) is 5.69 Å². The molecule has 106 valence electrons. The van der Waals surface area contributed by atoms with Gasteiger partial charge in [-0.15, -0.1) is 0 Å². The summed E-state index contributed by atoms with van der Waals surface area (Å²) < 4.78 is 7.15. The van der Waals surface area contributed by atoms with Crippen LogP contribution < -0.4 is 5.32 Å². The Morgan fingerprint density at radius 1 is 1.25 bits per heavy atom. The van der Waals surface area contributed by atoms with Crippen LogP contribution >= 0.6 is 0 Å². The van der Waals surface area contributed by atoms with Crippen molar-refractivity contribution < 1.29 is 4.74 Å². The maximum atomic E-state index is 5.42. The van der Waals surface area contributed by atoms with Gasteiger partial charge in [-0.25, -0.2) is 0 Å². The number of tetrazole rings is 1. The molecule has 1 saturated heterocycles. The summed E-state index contributed by atoms with van der Waals surface area (Å²) in [6.45, 7) is 4.80. The molecule has 0 amide bonds. The molecule has 2 aromatic rings. The maximum Gasteiger partial charge on any atom is 0.247 e. The van der Waals surface area contributed by atoms with Crippen molar-refractivity contribution in [2.75, 3.05) is 25.1 Å². The zero-order valence-corrected chi connectivity index (χ0v) is 11.6. The van der Waals surface area contributed by atoms with Crippen LogP contribution in [0.2, 0.25) is 0 Å². The monoisotopic (exact) mass is 273 g/mol. The first-order valence-corrected chi connectivity index (χ1v) is 6.92. The van der Waals surface area contributed by atoms with Crippen LogP contribution in [0.15, 0.2) is 30.3 Å². The molecule has 20 heavy (non-hydrogen) atoms. The van der Waals surface area contributed by atoms with Gasteiger partial charge in [0.2, 0.25) is 5.95 Å². The summed E-state index contributed by atoms with van der Waals surface area (Å²) in [5.41, 5.74) is 1.20. The lowest BCUT2D eigenvalue weighted by molar-refractivity contribution is 0.0299. The van der Waals surface area contributed by atoms with Crippen molar-refractivity contribution in [1.29, 1.82) is 0 Å². The summed E-state index contributed by atoms with van der Waals surface area (Å²) in [5.74, 6) is 0.684. The number of hydrogen-bond donors (Lipinski definition) is 1. The zero-order chi connectivity index (χ0) is 13.8. The Bertz CT molecular complexity index is 548. The third kappa shape index (κ3) is 2.80. The predicted molar refractivity (Wildman–Crippen MR) is 75.8 cm³/mol. The van der Waals surface area contributed by atoms with E-state index in [9.17, 15) is 0 Å². The fraction of sp³-hybridized carbons (Fsp3) is 0.500. The molecule has 0 spiro atoms. The van der Waals surface area contributed by atoms with E-state index in [1.807, 2.05) is 30.3 Å². The van der Waals surface area contributed by atoms with Crippen LogP contribution in [0.5, 0.6) is 0 Å². The molecule has 3 rings (SSSR count). The zero-order valence-electron chi connectivity index (χ0n) is 11.6. The van der Waals surface area contributed by atoms with Gasteiger partial charge in [-0.3, -0.25) is 0 Å². The summed E-state index contributed by atoms with van der Waals surface area (Å²) in [4.78, 5) is 0. The molecule has 6 heteroatoms. The molecule has 0 bridgehead atoms. The van der Waals surface area contributed by atoms with E-state index in [1.54, 1.807) is 4.68 Å². The van der Waals surface area contributed by atoms with Crippen molar-refractivity contribution in [3.05, 3.63) is 30.3 Å². The van der Waals surface area contributed by atoms with Crippen molar-refractivity contribution in [3.8, 4) is 5.69 Å². The molecule has 0 saturated carbocycles. The molecule has 1 aromatic carbocycles. The minimum Gasteiger partial charge on any atom is -0.381 e. The van der Waals surface area contributed by atoms with E-state index in [0.29, 0.717) is 5.95 Å². The standard InChI is InChI=1S/C14H19N5O/c1-14(7-9-20-10-8-14)11-15-13-16-17-18-19(13)12-5-3-2-4-6-12/h2-6H,7-11H2,1H3,(H,15,16,18). The van der Waals surface area contributed by atoms with E-state index in [4.69, 9.17) is 4.74 Å². The normalized spacial score (nSPS) is 17.9. The minimum absolute atomic E-state index is 0.242. The molecule has 1 N–H and O–H groups in total. The smallest absolute Gasteiger partial charge is 0.247 e.